The molecule has 0 saturated carbocycles. The summed E-state index contributed by atoms with van der Waals surface area (Å²) in [5.74, 6) is -1.04. The molecule has 0 aromatic carbocycles. The van der Waals surface area contributed by atoms with Gasteiger partial charge in [0.1, 0.15) is 0 Å². The predicted octanol–water partition coefficient (Wildman–Crippen LogP) is 1.40. The summed E-state index contributed by atoms with van der Waals surface area (Å²) in [5.41, 5.74) is 0.152. The highest BCUT2D eigenvalue weighted by Gasteiger charge is 2.17. The van der Waals surface area contributed by atoms with Gasteiger partial charge in [-0.05, 0) is 24.7 Å². The molecule has 0 aliphatic carbocycles. The Balaban J connectivity index is 3.73. The molecule has 4 nitrogen and oxygen atoms in total. The first-order valence-corrected chi connectivity index (χ1v) is 5.28. The molecule has 0 aliphatic heterocycles. The summed E-state index contributed by atoms with van der Waals surface area (Å²) in [6.45, 7) is 6.23. The van der Waals surface area contributed by atoms with Crippen LogP contribution in [0.5, 0.6) is 0 Å². The van der Waals surface area contributed by atoms with Gasteiger partial charge in [-0.2, -0.15) is 0 Å². The maximum absolute atomic E-state index is 10.3. The van der Waals surface area contributed by atoms with E-state index in [1.807, 2.05) is 0 Å². The van der Waals surface area contributed by atoms with Crippen molar-refractivity contribution in [3.8, 4) is 0 Å². The lowest BCUT2D eigenvalue weighted by Gasteiger charge is -2.21. The van der Waals surface area contributed by atoms with E-state index in [1.165, 1.54) is 0 Å². The van der Waals surface area contributed by atoms with E-state index in [9.17, 15) is 15.0 Å². The fourth-order valence-corrected chi connectivity index (χ4v) is 1.32. The summed E-state index contributed by atoms with van der Waals surface area (Å²) in [7, 11) is 0. The maximum atomic E-state index is 10.3. The average Bonchev–Trinajstić information content (AvgIpc) is 1.97. The summed E-state index contributed by atoms with van der Waals surface area (Å²) in [4.78, 5) is 10.3. The van der Waals surface area contributed by atoms with Crippen molar-refractivity contribution in [2.75, 3.05) is 0 Å². The summed E-state index contributed by atoms with van der Waals surface area (Å²) >= 11 is 0. The highest BCUT2D eigenvalue weighted by atomic mass is 16.4. The van der Waals surface area contributed by atoms with Crippen LogP contribution in [0.1, 0.15) is 46.5 Å². The molecule has 0 heterocycles. The molecule has 0 radical (unpaired) electrons. The van der Waals surface area contributed by atoms with Crippen LogP contribution in [0.15, 0.2) is 0 Å². The SMILES string of the molecule is CC(C)(C)CCC(O)CC(O)CC(=O)O. The molecule has 0 spiro atoms. The van der Waals surface area contributed by atoms with Gasteiger partial charge in [-0.3, -0.25) is 4.79 Å². The van der Waals surface area contributed by atoms with Crippen molar-refractivity contribution in [1.29, 1.82) is 0 Å². The van der Waals surface area contributed by atoms with Crippen molar-refractivity contribution < 1.29 is 20.1 Å². The van der Waals surface area contributed by atoms with Crippen molar-refractivity contribution in [2.24, 2.45) is 5.41 Å². The monoisotopic (exact) mass is 218 g/mol. The number of aliphatic carboxylic acids is 1. The van der Waals surface area contributed by atoms with Crippen LogP contribution in [-0.4, -0.2) is 33.5 Å². The Kier molecular flexibility index (Phi) is 5.83. The molecule has 0 bridgehead atoms. The van der Waals surface area contributed by atoms with Gasteiger partial charge in [0.25, 0.3) is 0 Å². The molecular formula is C11H22O4. The van der Waals surface area contributed by atoms with E-state index < -0.39 is 18.2 Å². The molecule has 0 aliphatic rings. The number of carboxylic acid groups (broad SMARTS) is 1. The lowest BCUT2D eigenvalue weighted by molar-refractivity contribution is -0.139. The van der Waals surface area contributed by atoms with Gasteiger partial charge < -0.3 is 15.3 Å². The molecule has 2 unspecified atom stereocenters. The molecule has 15 heavy (non-hydrogen) atoms. The van der Waals surface area contributed by atoms with E-state index in [4.69, 9.17) is 5.11 Å². The zero-order chi connectivity index (χ0) is 12.1. The summed E-state index contributed by atoms with van der Waals surface area (Å²) in [6, 6.07) is 0. The second kappa shape index (κ2) is 6.08. The van der Waals surface area contributed by atoms with Crippen LogP contribution < -0.4 is 0 Å². The van der Waals surface area contributed by atoms with Gasteiger partial charge in [0.2, 0.25) is 0 Å². The molecule has 0 aromatic rings. The zero-order valence-corrected chi connectivity index (χ0v) is 9.73. The molecule has 0 aromatic heterocycles. The summed E-state index contributed by atoms with van der Waals surface area (Å²) in [5, 5.41) is 27.2. The fourth-order valence-electron chi connectivity index (χ4n) is 1.32. The van der Waals surface area contributed by atoms with Gasteiger partial charge in [0.15, 0.2) is 0 Å². The lowest BCUT2D eigenvalue weighted by Crippen LogP contribution is -2.22. The quantitative estimate of drug-likeness (QED) is 0.629. The Morgan fingerprint density at radius 3 is 2.13 bits per heavy atom. The Bertz CT molecular complexity index is 195. The van der Waals surface area contributed by atoms with Crippen LogP contribution in [0.4, 0.5) is 0 Å². The van der Waals surface area contributed by atoms with E-state index in [-0.39, 0.29) is 18.3 Å². The molecule has 4 heteroatoms. The van der Waals surface area contributed by atoms with Gasteiger partial charge in [-0.15, -0.1) is 0 Å². The zero-order valence-electron chi connectivity index (χ0n) is 9.73. The first kappa shape index (κ1) is 14.4. The van der Waals surface area contributed by atoms with E-state index in [2.05, 4.69) is 20.8 Å². The lowest BCUT2D eigenvalue weighted by atomic mass is 9.88. The minimum absolute atomic E-state index is 0.141. The second-order valence-corrected chi connectivity index (χ2v) is 5.24. The number of carboxylic acids is 1. The highest BCUT2D eigenvalue weighted by Crippen LogP contribution is 2.22. The van der Waals surface area contributed by atoms with E-state index in [1.54, 1.807) is 0 Å². The minimum Gasteiger partial charge on any atom is -0.481 e. The number of rotatable bonds is 6. The smallest absolute Gasteiger partial charge is 0.305 e. The molecule has 2 atom stereocenters. The third-order valence-corrected chi connectivity index (χ3v) is 2.18. The summed E-state index contributed by atoms with van der Waals surface area (Å²) < 4.78 is 0. The fraction of sp³-hybridized carbons (Fsp3) is 0.909. The Morgan fingerprint density at radius 1 is 1.20 bits per heavy atom. The third kappa shape index (κ3) is 9.69. The van der Waals surface area contributed by atoms with E-state index in [0.29, 0.717) is 6.42 Å². The first-order valence-electron chi connectivity index (χ1n) is 5.28. The van der Waals surface area contributed by atoms with Crippen LogP contribution in [0.25, 0.3) is 0 Å². The van der Waals surface area contributed by atoms with Crippen molar-refractivity contribution >= 4 is 5.97 Å². The van der Waals surface area contributed by atoms with E-state index in [0.717, 1.165) is 6.42 Å². The maximum Gasteiger partial charge on any atom is 0.305 e. The van der Waals surface area contributed by atoms with Gasteiger partial charge in [0.05, 0.1) is 18.6 Å². The van der Waals surface area contributed by atoms with Crippen molar-refractivity contribution in [3.63, 3.8) is 0 Å². The first-order chi connectivity index (χ1) is 6.70. The normalized spacial score (nSPS) is 16.1. The van der Waals surface area contributed by atoms with Crippen molar-refractivity contribution in [3.05, 3.63) is 0 Å². The van der Waals surface area contributed by atoms with Gasteiger partial charge in [-0.25, -0.2) is 0 Å². The Morgan fingerprint density at radius 2 is 1.73 bits per heavy atom. The van der Waals surface area contributed by atoms with Crippen LogP contribution in [0.2, 0.25) is 0 Å². The topological polar surface area (TPSA) is 77.8 Å². The molecule has 90 valence electrons. The van der Waals surface area contributed by atoms with Gasteiger partial charge in [-0.1, -0.05) is 20.8 Å². The third-order valence-electron chi connectivity index (χ3n) is 2.18. The number of aliphatic hydroxyl groups is 2. The number of hydrogen-bond donors (Lipinski definition) is 3. The Labute approximate surface area is 90.9 Å². The van der Waals surface area contributed by atoms with Crippen molar-refractivity contribution in [2.45, 2.75) is 58.7 Å². The van der Waals surface area contributed by atoms with E-state index >= 15 is 0 Å². The summed E-state index contributed by atoms with van der Waals surface area (Å²) in [6.07, 6.45) is -0.264. The average molecular weight is 218 g/mol. The highest BCUT2D eigenvalue weighted by molar-refractivity contribution is 5.67. The van der Waals surface area contributed by atoms with Crippen LogP contribution >= 0.6 is 0 Å². The minimum atomic E-state index is -1.04. The Hall–Kier alpha value is -0.610. The molecule has 0 rings (SSSR count). The number of hydrogen-bond acceptors (Lipinski definition) is 3. The standard InChI is InChI=1S/C11H22O4/c1-11(2,3)5-4-8(12)6-9(13)7-10(14)15/h8-9,12-13H,4-7H2,1-3H3,(H,14,15). The molecule has 0 amide bonds. The molecule has 0 fully saturated rings. The van der Waals surface area contributed by atoms with Crippen molar-refractivity contribution in [1.82, 2.24) is 0 Å². The molecule has 0 saturated heterocycles. The number of aliphatic hydroxyl groups excluding tert-OH is 2. The van der Waals surface area contributed by atoms with Crippen LogP contribution in [0, 0.1) is 5.41 Å². The molecule has 3 N–H and O–H groups in total. The van der Waals surface area contributed by atoms with Crippen LogP contribution in [-0.2, 0) is 4.79 Å². The molecular weight excluding hydrogens is 196 g/mol. The van der Waals surface area contributed by atoms with Gasteiger partial charge >= 0.3 is 5.97 Å². The van der Waals surface area contributed by atoms with Gasteiger partial charge in [0, 0.05) is 0 Å². The second-order valence-electron chi connectivity index (χ2n) is 5.24. The van der Waals surface area contributed by atoms with Crippen LogP contribution in [0.3, 0.4) is 0 Å². The predicted molar refractivity (Wildman–Crippen MR) is 57.6 cm³/mol. The largest absolute Gasteiger partial charge is 0.481 e. The number of carbonyl (C=O) groups is 1.